The van der Waals surface area contributed by atoms with Crippen molar-refractivity contribution in [3.05, 3.63) is 0 Å². The van der Waals surface area contributed by atoms with Crippen LogP contribution >= 0.6 is 0 Å². The van der Waals surface area contributed by atoms with Crippen LogP contribution in [0.3, 0.4) is 0 Å². The predicted octanol–water partition coefficient (Wildman–Crippen LogP) is 4.51. The molecule has 8 heteroatoms. The Balaban J connectivity index is 0. The van der Waals surface area contributed by atoms with Crippen LogP contribution in [0.2, 0.25) is 0 Å². The zero-order chi connectivity index (χ0) is 21.3. The third-order valence-electron chi connectivity index (χ3n) is 4.98. The van der Waals surface area contributed by atoms with Gasteiger partial charge in [-0.05, 0) is 18.8 Å². The fourth-order valence-corrected chi connectivity index (χ4v) is 3.96. The Kier molecular flexibility index (Phi) is 22.0. The standard InChI is InChI=1S/C21H42O6S.Na/c1-3-5-7-9-11-13-15-19(14-12-10-8-6-4-2)16-21(23)27-17-20(22)18-28(24,25)26;/h19-20,22H,3-18H2,1-2H3,(H,24,25,26);. The molecule has 6 nitrogen and oxygen atoms in total. The van der Waals surface area contributed by atoms with Gasteiger partial charge in [0.25, 0.3) is 10.1 Å². The molecule has 2 atom stereocenters. The Bertz CT molecular complexity index is 484. The fourth-order valence-electron chi connectivity index (χ4n) is 3.37. The first-order valence-corrected chi connectivity index (χ1v) is 12.7. The third kappa shape index (κ3) is 22.8. The van der Waals surface area contributed by atoms with Crippen molar-refractivity contribution in [2.45, 2.75) is 110 Å². The van der Waals surface area contributed by atoms with E-state index in [4.69, 9.17) is 9.29 Å². The van der Waals surface area contributed by atoms with Gasteiger partial charge in [0.15, 0.2) is 0 Å². The van der Waals surface area contributed by atoms with Gasteiger partial charge in [0, 0.05) is 36.0 Å². The second-order valence-electron chi connectivity index (χ2n) is 7.91. The maximum Gasteiger partial charge on any atom is 0.306 e. The first kappa shape index (κ1) is 31.5. The van der Waals surface area contributed by atoms with Crippen LogP contribution in [0.4, 0.5) is 0 Å². The molecule has 2 unspecified atom stereocenters. The number of ether oxygens (including phenoxy) is 1. The van der Waals surface area contributed by atoms with Crippen molar-refractivity contribution >= 4 is 45.6 Å². The van der Waals surface area contributed by atoms with Gasteiger partial charge in [0.2, 0.25) is 0 Å². The van der Waals surface area contributed by atoms with Crippen molar-refractivity contribution in [3.63, 3.8) is 0 Å². The molecule has 0 aliphatic heterocycles. The van der Waals surface area contributed by atoms with Crippen molar-refractivity contribution in [2.75, 3.05) is 12.4 Å². The second kappa shape index (κ2) is 20.3. The van der Waals surface area contributed by atoms with E-state index in [-0.39, 0.29) is 35.5 Å². The Morgan fingerprint density at radius 2 is 1.31 bits per heavy atom. The molecule has 2 N–H and O–H groups in total. The zero-order valence-electron chi connectivity index (χ0n) is 18.9. The van der Waals surface area contributed by atoms with Crippen LogP contribution < -0.4 is 0 Å². The maximum absolute atomic E-state index is 12.1. The predicted molar refractivity (Wildman–Crippen MR) is 119 cm³/mol. The van der Waals surface area contributed by atoms with Crippen LogP contribution in [0, 0.1) is 5.92 Å². The summed E-state index contributed by atoms with van der Waals surface area (Å²) in [6.07, 6.45) is 14.2. The van der Waals surface area contributed by atoms with Crippen molar-refractivity contribution in [1.29, 1.82) is 0 Å². The van der Waals surface area contributed by atoms with E-state index in [1.54, 1.807) is 0 Å². The quantitative estimate of drug-likeness (QED) is 0.131. The molecule has 0 saturated carbocycles. The number of aliphatic hydroxyl groups is 1. The summed E-state index contributed by atoms with van der Waals surface area (Å²) < 4.78 is 35.2. The summed E-state index contributed by atoms with van der Waals surface area (Å²) in [7, 11) is -4.28. The first-order chi connectivity index (χ1) is 13.3. The van der Waals surface area contributed by atoms with E-state index in [9.17, 15) is 18.3 Å². The SMILES string of the molecule is CCCCCCCCC(CCCCCCC)CC(=O)OCC(O)CS(=O)(=O)O.[Na]. The Morgan fingerprint density at radius 1 is 0.862 bits per heavy atom. The van der Waals surface area contributed by atoms with Gasteiger partial charge in [-0.3, -0.25) is 9.35 Å². The van der Waals surface area contributed by atoms with E-state index in [0.717, 1.165) is 25.7 Å². The second-order valence-corrected chi connectivity index (χ2v) is 9.41. The minimum atomic E-state index is -4.28. The van der Waals surface area contributed by atoms with Crippen molar-refractivity contribution in [3.8, 4) is 0 Å². The average molecular weight is 446 g/mol. The van der Waals surface area contributed by atoms with Gasteiger partial charge in [0.05, 0.1) is 0 Å². The Labute approximate surface area is 200 Å². The monoisotopic (exact) mass is 445 g/mol. The van der Waals surface area contributed by atoms with Gasteiger partial charge in [-0.25, -0.2) is 0 Å². The largest absolute Gasteiger partial charge is 0.463 e. The topological polar surface area (TPSA) is 101 Å². The molecule has 0 saturated heterocycles. The number of carbonyl (C=O) groups excluding carboxylic acids is 1. The number of hydrogen-bond acceptors (Lipinski definition) is 5. The van der Waals surface area contributed by atoms with Gasteiger partial charge >= 0.3 is 5.97 Å². The molecule has 169 valence electrons. The summed E-state index contributed by atoms with van der Waals surface area (Å²) in [5.41, 5.74) is 0. The molecular formula is C21H42NaO6S. The first-order valence-electron chi connectivity index (χ1n) is 11.1. The van der Waals surface area contributed by atoms with Gasteiger partial charge in [0.1, 0.15) is 18.5 Å². The molecule has 0 aromatic carbocycles. The number of unbranched alkanes of at least 4 members (excludes halogenated alkanes) is 9. The van der Waals surface area contributed by atoms with E-state index >= 15 is 0 Å². The molecule has 0 fully saturated rings. The number of aliphatic hydroxyl groups excluding tert-OH is 1. The van der Waals surface area contributed by atoms with Crippen molar-refractivity contribution in [2.24, 2.45) is 5.92 Å². The molecule has 0 aromatic rings. The number of rotatable bonds is 19. The van der Waals surface area contributed by atoms with E-state index in [1.807, 2.05) is 0 Å². The van der Waals surface area contributed by atoms with Gasteiger partial charge < -0.3 is 9.84 Å². The minimum Gasteiger partial charge on any atom is -0.463 e. The van der Waals surface area contributed by atoms with Crippen LogP contribution in [0.1, 0.15) is 104 Å². The molecular weight excluding hydrogens is 403 g/mol. The summed E-state index contributed by atoms with van der Waals surface area (Å²) in [5, 5.41) is 9.52. The summed E-state index contributed by atoms with van der Waals surface area (Å²) in [6.45, 7) is 3.99. The summed E-state index contributed by atoms with van der Waals surface area (Å²) in [4.78, 5) is 12.1. The molecule has 0 amide bonds. The van der Waals surface area contributed by atoms with Crippen LogP contribution in [-0.2, 0) is 19.6 Å². The molecule has 0 aliphatic carbocycles. The number of carbonyl (C=O) groups is 1. The van der Waals surface area contributed by atoms with Crippen LogP contribution in [0.15, 0.2) is 0 Å². The maximum atomic E-state index is 12.1. The smallest absolute Gasteiger partial charge is 0.306 e. The molecule has 29 heavy (non-hydrogen) atoms. The molecule has 0 aliphatic rings. The normalized spacial score (nSPS) is 13.5. The van der Waals surface area contributed by atoms with Crippen LogP contribution in [-0.4, -0.2) is 72.1 Å². The third-order valence-corrected chi connectivity index (χ3v) is 5.78. The average Bonchev–Trinajstić information content (AvgIpc) is 2.61. The van der Waals surface area contributed by atoms with Crippen LogP contribution in [0.5, 0.6) is 0 Å². The number of esters is 1. The molecule has 0 bridgehead atoms. The van der Waals surface area contributed by atoms with E-state index in [0.29, 0.717) is 6.42 Å². The van der Waals surface area contributed by atoms with Crippen molar-refractivity contribution in [1.82, 2.24) is 0 Å². The molecule has 1 radical (unpaired) electrons. The minimum absolute atomic E-state index is 0. The van der Waals surface area contributed by atoms with E-state index < -0.39 is 34.6 Å². The molecule has 0 heterocycles. The van der Waals surface area contributed by atoms with E-state index in [1.165, 1.54) is 57.8 Å². The Hall–Kier alpha value is 0.340. The molecule has 0 aromatic heterocycles. The van der Waals surface area contributed by atoms with Crippen molar-refractivity contribution < 1.29 is 27.6 Å². The van der Waals surface area contributed by atoms with Gasteiger partial charge in [-0.2, -0.15) is 8.42 Å². The molecule has 0 rings (SSSR count). The van der Waals surface area contributed by atoms with Gasteiger partial charge in [-0.1, -0.05) is 84.5 Å². The van der Waals surface area contributed by atoms with Crippen LogP contribution in [0.25, 0.3) is 0 Å². The Morgan fingerprint density at radius 3 is 1.76 bits per heavy atom. The zero-order valence-corrected chi connectivity index (χ0v) is 21.7. The van der Waals surface area contributed by atoms with E-state index in [2.05, 4.69) is 13.8 Å². The van der Waals surface area contributed by atoms with Gasteiger partial charge in [-0.15, -0.1) is 0 Å². The summed E-state index contributed by atoms with van der Waals surface area (Å²) in [5.74, 6) is -0.947. The summed E-state index contributed by atoms with van der Waals surface area (Å²) in [6, 6.07) is 0. The summed E-state index contributed by atoms with van der Waals surface area (Å²) >= 11 is 0. The fraction of sp³-hybridized carbons (Fsp3) is 0.952. The number of hydrogen-bond donors (Lipinski definition) is 2. The molecule has 0 spiro atoms.